The lowest BCUT2D eigenvalue weighted by molar-refractivity contribution is -0.123. The quantitative estimate of drug-likeness (QED) is 0.767. The van der Waals surface area contributed by atoms with Gasteiger partial charge < -0.3 is 10.1 Å². The molecule has 2 aromatic carbocycles. The lowest BCUT2D eigenvalue weighted by Crippen LogP contribution is -2.30. The van der Waals surface area contributed by atoms with Crippen LogP contribution in [0.4, 0.5) is 5.69 Å². The van der Waals surface area contributed by atoms with E-state index in [1.165, 1.54) is 19.1 Å². The van der Waals surface area contributed by atoms with Crippen LogP contribution in [0, 0.1) is 13.8 Å². The molecule has 6 nitrogen and oxygen atoms in total. The summed E-state index contributed by atoms with van der Waals surface area (Å²) in [5.74, 6) is -1.17. The Morgan fingerprint density at radius 3 is 2.30 bits per heavy atom. The number of anilines is 1. The number of amides is 1. The summed E-state index contributed by atoms with van der Waals surface area (Å²) < 4.78 is 27.8. The topological polar surface area (TPSA) is 89.5 Å². The van der Waals surface area contributed by atoms with Crippen LogP contribution in [0.1, 0.15) is 34.0 Å². The minimum atomic E-state index is -3.15. The largest absolute Gasteiger partial charge is 0.449 e. The Morgan fingerprint density at radius 1 is 1.07 bits per heavy atom. The van der Waals surface area contributed by atoms with Crippen molar-refractivity contribution in [1.82, 2.24) is 0 Å². The minimum Gasteiger partial charge on any atom is -0.449 e. The fourth-order valence-corrected chi connectivity index (χ4v) is 3.22. The average molecular weight is 389 g/mol. The summed E-state index contributed by atoms with van der Waals surface area (Å²) in [7, 11) is -3.15. The molecule has 0 aromatic heterocycles. The minimum absolute atomic E-state index is 0.100. The van der Waals surface area contributed by atoms with E-state index in [1.807, 2.05) is 32.0 Å². The maximum Gasteiger partial charge on any atom is 0.338 e. The second kappa shape index (κ2) is 8.35. The van der Waals surface area contributed by atoms with Crippen LogP contribution in [-0.2, 0) is 25.1 Å². The maximum atomic E-state index is 12.3. The monoisotopic (exact) mass is 389 g/mol. The van der Waals surface area contributed by atoms with E-state index in [2.05, 4.69) is 5.32 Å². The molecular weight excluding hydrogens is 366 g/mol. The van der Waals surface area contributed by atoms with Gasteiger partial charge in [-0.2, -0.15) is 0 Å². The molecule has 1 atom stereocenters. The van der Waals surface area contributed by atoms with Gasteiger partial charge >= 0.3 is 5.97 Å². The molecule has 0 saturated heterocycles. The van der Waals surface area contributed by atoms with E-state index in [9.17, 15) is 18.0 Å². The lowest BCUT2D eigenvalue weighted by Gasteiger charge is -2.15. The number of sulfone groups is 1. The molecule has 0 spiro atoms. The van der Waals surface area contributed by atoms with Crippen LogP contribution in [0.25, 0.3) is 0 Å². The maximum absolute atomic E-state index is 12.3. The van der Waals surface area contributed by atoms with Crippen LogP contribution in [0.5, 0.6) is 0 Å². The second-order valence-corrected chi connectivity index (χ2v) is 8.76. The number of aryl methyl sites for hydroxylation is 2. The molecule has 1 amide bonds. The SMILES string of the molecule is Cc1ccc(C)c(NC(=O)[C@@H](C)OC(=O)c2ccc(CS(C)(=O)=O)cc2)c1. The summed E-state index contributed by atoms with van der Waals surface area (Å²) in [5.41, 5.74) is 3.42. The standard InChI is InChI=1S/C20H23NO5S/c1-13-5-6-14(2)18(11-13)21-19(22)15(3)26-20(23)17-9-7-16(8-10-17)12-27(4,24)25/h5-11,15H,12H2,1-4H3,(H,21,22)/t15-/m1/s1. The number of ether oxygens (including phenoxy) is 1. The van der Waals surface area contributed by atoms with Gasteiger partial charge in [-0.15, -0.1) is 0 Å². The Morgan fingerprint density at radius 2 is 1.70 bits per heavy atom. The number of carbonyl (C=O) groups is 2. The summed E-state index contributed by atoms with van der Waals surface area (Å²) in [6.07, 6.45) is 0.166. The van der Waals surface area contributed by atoms with Gasteiger partial charge in [0.05, 0.1) is 11.3 Å². The van der Waals surface area contributed by atoms with Gasteiger partial charge in [0.25, 0.3) is 5.91 Å². The Labute approximate surface area is 159 Å². The zero-order valence-corrected chi connectivity index (χ0v) is 16.6. The van der Waals surface area contributed by atoms with Crippen LogP contribution >= 0.6 is 0 Å². The predicted octanol–water partition coefficient (Wildman–Crippen LogP) is 3.03. The van der Waals surface area contributed by atoms with Crippen molar-refractivity contribution in [2.45, 2.75) is 32.6 Å². The first-order valence-corrected chi connectivity index (χ1v) is 10.5. The smallest absolute Gasteiger partial charge is 0.338 e. The molecule has 0 aliphatic rings. The van der Waals surface area contributed by atoms with Crippen LogP contribution in [0.3, 0.4) is 0 Å². The molecule has 0 radical (unpaired) electrons. The molecule has 2 rings (SSSR count). The van der Waals surface area contributed by atoms with E-state index in [1.54, 1.807) is 12.1 Å². The first-order chi connectivity index (χ1) is 12.5. The fraction of sp³-hybridized carbons (Fsp3) is 0.300. The Hall–Kier alpha value is -2.67. The van der Waals surface area contributed by atoms with E-state index in [0.29, 0.717) is 11.3 Å². The molecule has 27 heavy (non-hydrogen) atoms. The highest BCUT2D eigenvalue weighted by molar-refractivity contribution is 7.89. The van der Waals surface area contributed by atoms with Crippen LogP contribution in [-0.4, -0.2) is 32.7 Å². The van der Waals surface area contributed by atoms with Crippen molar-refractivity contribution in [2.24, 2.45) is 0 Å². The molecule has 0 bridgehead atoms. The number of rotatable bonds is 6. The van der Waals surface area contributed by atoms with Crippen molar-refractivity contribution < 1.29 is 22.7 Å². The lowest BCUT2D eigenvalue weighted by atomic mass is 10.1. The Kier molecular flexibility index (Phi) is 6.38. The van der Waals surface area contributed by atoms with Crippen molar-refractivity contribution >= 4 is 27.4 Å². The van der Waals surface area contributed by atoms with Crippen molar-refractivity contribution in [1.29, 1.82) is 0 Å². The molecule has 0 heterocycles. The van der Waals surface area contributed by atoms with E-state index in [4.69, 9.17) is 4.74 Å². The number of hydrogen-bond donors (Lipinski definition) is 1. The molecule has 0 aliphatic carbocycles. The predicted molar refractivity (Wildman–Crippen MR) is 104 cm³/mol. The summed E-state index contributed by atoms with van der Waals surface area (Å²) in [6.45, 7) is 5.30. The number of carbonyl (C=O) groups excluding carboxylic acids is 2. The highest BCUT2D eigenvalue weighted by atomic mass is 32.2. The van der Waals surface area contributed by atoms with E-state index in [-0.39, 0.29) is 11.3 Å². The van der Waals surface area contributed by atoms with Crippen molar-refractivity contribution in [3.05, 3.63) is 64.7 Å². The third-order valence-corrected chi connectivity index (χ3v) is 4.78. The van der Waals surface area contributed by atoms with Crippen molar-refractivity contribution in [3.63, 3.8) is 0 Å². The molecule has 0 saturated carbocycles. The first kappa shape index (κ1) is 20.6. The van der Waals surface area contributed by atoms with E-state index in [0.717, 1.165) is 17.4 Å². The summed E-state index contributed by atoms with van der Waals surface area (Å²) in [4.78, 5) is 24.5. The summed E-state index contributed by atoms with van der Waals surface area (Å²) in [5, 5.41) is 2.76. The zero-order chi connectivity index (χ0) is 20.2. The van der Waals surface area contributed by atoms with Gasteiger partial charge in [0.2, 0.25) is 0 Å². The highest BCUT2D eigenvalue weighted by Gasteiger charge is 2.20. The van der Waals surface area contributed by atoms with Crippen LogP contribution in [0.15, 0.2) is 42.5 Å². The molecule has 7 heteroatoms. The molecule has 0 fully saturated rings. The summed E-state index contributed by atoms with van der Waals surface area (Å²) in [6, 6.07) is 11.8. The van der Waals surface area contributed by atoms with Gasteiger partial charge in [0, 0.05) is 11.9 Å². The number of hydrogen-bond acceptors (Lipinski definition) is 5. The van der Waals surface area contributed by atoms with Crippen LogP contribution < -0.4 is 5.32 Å². The van der Waals surface area contributed by atoms with E-state index < -0.39 is 27.8 Å². The molecule has 0 unspecified atom stereocenters. The fourth-order valence-electron chi connectivity index (χ4n) is 2.43. The highest BCUT2D eigenvalue weighted by Crippen LogP contribution is 2.17. The normalized spacial score (nSPS) is 12.3. The first-order valence-electron chi connectivity index (χ1n) is 8.41. The Balaban J connectivity index is 2.00. The Bertz CT molecular complexity index is 949. The van der Waals surface area contributed by atoms with Crippen molar-refractivity contribution in [2.75, 3.05) is 11.6 Å². The molecule has 2 aromatic rings. The molecular formula is C20H23NO5S. The van der Waals surface area contributed by atoms with Crippen molar-refractivity contribution in [3.8, 4) is 0 Å². The average Bonchev–Trinajstić information content (AvgIpc) is 2.57. The van der Waals surface area contributed by atoms with Gasteiger partial charge in [-0.25, -0.2) is 13.2 Å². The number of benzene rings is 2. The van der Waals surface area contributed by atoms with Crippen LogP contribution in [0.2, 0.25) is 0 Å². The van der Waals surface area contributed by atoms with Gasteiger partial charge in [0.15, 0.2) is 15.9 Å². The second-order valence-electron chi connectivity index (χ2n) is 6.62. The third-order valence-electron chi connectivity index (χ3n) is 3.92. The summed E-state index contributed by atoms with van der Waals surface area (Å²) >= 11 is 0. The molecule has 1 N–H and O–H groups in total. The number of esters is 1. The van der Waals surface area contributed by atoms with Gasteiger partial charge in [-0.05, 0) is 55.7 Å². The zero-order valence-electron chi connectivity index (χ0n) is 15.8. The third kappa shape index (κ3) is 6.21. The van der Waals surface area contributed by atoms with Gasteiger partial charge in [0.1, 0.15) is 0 Å². The van der Waals surface area contributed by atoms with E-state index >= 15 is 0 Å². The number of nitrogens with one attached hydrogen (secondary N) is 1. The molecule has 144 valence electrons. The van der Waals surface area contributed by atoms with Gasteiger partial charge in [-0.1, -0.05) is 24.3 Å². The van der Waals surface area contributed by atoms with Gasteiger partial charge in [-0.3, -0.25) is 4.79 Å². The molecule has 0 aliphatic heterocycles.